The fourth-order valence-corrected chi connectivity index (χ4v) is 4.74. The molecule has 1 aromatic carbocycles. The summed E-state index contributed by atoms with van der Waals surface area (Å²) in [5, 5.41) is 0.962. The Morgan fingerprint density at radius 1 is 1.17 bits per heavy atom. The Hall–Kier alpha value is -1.96. The van der Waals surface area contributed by atoms with Gasteiger partial charge in [0.15, 0.2) is 0 Å². The normalized spacial score (nSPS) is 25.2. The third-order valence-corrected chi connectivity index (χ3v) is 6.80. The molecule has 4 rings (SSSR count). The molecule has 3 aliphatic rings. The highest BCUT2D eigenvalue weighted by molar-refractivity contribution is 6.42. The maximum absolute atomic E-state index is 13.1. The quantitative estimate of drug-likeness (QED) is 0.662. The number of piperidine rings is 1. The van der Waals surface area contributed by atoms with Crippen LogP contribution in [0.4, 0.5) is 4.79 Å². The maximum Gasteiger partial charge on any atom is 0.333 e. The van der Waals surface area contributed by atoms with E-state index in [0.717, 1.165) is 35.8 Å². The molecule has 3 aliphatic heterocycles. The van der Waals surface area contributed by atoms with Crippen LogP contribution in [0.1, 0.15) is 25.3 Å². The lowest BCUT2D eigenvalue weighted by atomic mass is 10.0. The third kappa shape index (κ3) is 3.86. The van der Waals surface area contributed by atoms with E-state index < -0.39 is 6.04 Å². The lowest BCUT2D eigenvalue weighted by molar-refractivity contribution is -0.552. The number of benzene rings is 1. The molecule has 0 N–H and O–H groups in total. The molecular weight excluding hydrogens is 425 g/mol. The minimum Gasteiger partial charge on any atom is -0.292 e. The number of amidine groups is 2. The predicted molar refractivity (Wildman–Crippen MR) is 117 cm³/mol. The Labute approximate surface area is 186 Å². The van der Waals surface area contributed by atoms with Gasteiger partial charge in [-0.1, -0.05) is 36.2 Å². The smallest absolute Gasteiger partial charge is 0.292 e. The topological polar surface area (TPSA) is 59.2 Å². The molecule has 0 aliphatic carbocycles. The second kappa shape index (κ2) is 8.29. The van der Waals surface area contributed by atoms with E-state index in [4.69, 9.17) is 28.2 Å². The van der Waals surface area contributed by atoms with Crippen LogP contribution >= 0.6 is 23.2 Å². The van der Waals surface area contributed by atoms with Gasteiger partial charge in [-0.05, 0) is 48.0 Å². The van der Waals surface area contributed by atoms with Gasteiger partial charge in [-0.3, -0.25) is 19.5 Å². The molecular formula is C21H26Cl2N5O2+. The van der Waals surface area contributed by atoms with Gasteiger partial charge >= 0.3 is 11.9 Å². The Balaban J connectivity index is 1.70. The average molecular weight is 451 g/mol. The van der Waals surface area contributed by atoms with Crippen molar-refractivity contribution in [1.29, 1.82) is 0 Å². The van der Waals surface area contributed by atoms with Gasteiger partial charge in [0.2, 0.25) is 0 Å². The molecule has 2 atom stereocenters. The van der Waals surface area contributed by atoms with Gasteiger partial charge in [0.25, 0.3) is 17.8 Å². The number of hydrogen-bond acceptors (Lipinski definition) is 4. The highest BCUT2D eigenvalue weighted by Crippen LogP contribution is 2.26. The van der Waals surface area contributed by atoms with Crippen molar-refractivity contribution in [2.45, 2.75) is 32.4 Å². The molecule has 2 fully saturated rings. The van der Waals surface area contributed by atoms with Crippen molar-refractivity contribution >= 4 is 46.8 Å². The van der Waals surface area contributed by atoms with Gasteiger partial charge in [-0.15, -0.1) is 0 Å². The molecule has 30 heavy (non-hydrogen) atoms. The fraction of sp³-hybridized carbons (Fsp3) is 0.524. The van der Waals surface area contributed by atoms with E-state index >= 15 is 0 Å². The van der Waals surface area contributed by atoms with E-state index in [2.05, 4.69) is 11.8 Å². The van der Waals surface area contributed by atoms with Gasteiger partial charge in [-0.25, -0.2) is 9.37 Å². The number of hydrogen-bond donors (Lipinski definition) is 0. The molecule has 1 aromatic rings. The molecule has 0 radical (unpaired) electrons. The van der Waals surface area contributed by atoms with Crippen molar-refractivity contribution in [2.24, 2.45) is 10.9 Å². The Morgan fingerprint density at radius 2 is 1.93 bits per heavy atom. The zero-order valence-electron chi connectivity index (χ0n) is 17.4. The number of urea groups is 1. The van der Waals surface area contributed by atoms with Crippen molar-refractivity contribution in [3.05, 3.63) is 33.8 Å². The fourth-order valence-electron chi connectivity index (χ4n) is 4.42. The molecule has 9 heteroatoms. The maximum atomic E-state index is 13.1. The summed E-state index contributed by atoms with van der Waals surface area (Å²) >= 11 is 12.3. The Bertz CT molecular complexity index is 961. The van der Waals surface area contributed by atoms with E-state index in [9.17, 15) is 9.59 Å². The van der Waals surface area contributed by atoms with Gasteiger partial charge in [0.1, 0.15) is 13.1 Å². The van der Waals surface area contributed by atoms with Gasteiger partial charge in [0, 0.05) is 20.6 Å². The summed E-state index contributed by atoms with van der Waals surface area (Å²) in [7, 11) is 3.18. The number of amides is 3. The summed E-state index contributed by atoms with van der Waals surface area (Å²) in [6, 6.07) is 4.49. The van der Waals surface area contributed by atoms with Crippen LogP contribution in [0.25, 0.3) is 0 Å². The zero-order chi connectivity index (χ0) is 21.6. The molecule has 0 spiro atoms. The molecule has 3 heterocycles. The SMILES string of the molecule is CC1CCCN(CC2=[N+](Cc3ccc(Cl)c(Cl)c3)C3C(=O)N(C)C(=O)N(C)C3=N2)C1. The van der Waals surface area contributed by atoms with Crippen LogP contribution in [0.2, 0.25) is 10.0 Å². The van der Waals surface area contributed by atoms with Crippen molar-refractivity contribution in [3.8, 4) is 0 Å². The summed E-state index contributed by atoms with van der Waals surface area (Å²) in [5.74, 6) is 1.66. The number of aliphatic imine (C=N–C) groups is 1. The first-order chi connectivity index (χ1) is 14.3. The van der Waals surface area contributed by atoms with Crippen molar-refractivity contribution < 1.29 is 14.2 Å². The van der Waals surface area contributed by atoms with Crippen LogP contribution in [-0.4, -0.2) is 82.7 Å². The van der Waals surface area contributed by atoms with Gasteiger partial charge in [-0.2, -0.15) is 0 Å². The molecule has 3 amide bonds. The van der Waals surface area contributed by atoms with Crippen LogP contribution in [0.3, 0.4) is 0 Å². The van der Waals surface area contributed by atoms with Crippen LogP contribution in [0, 0.1) is 5.92 Å². The first-order valence-corrected chi connectivity index (χ1v) is 10.9. The molecule has 160 valence electrons. The number of imide groups is 1. The number of rotatable bonds is 4. The zero-order valence-corrected chi connectivity index (χ0v) is 18.9. The van der Waals surface area contributed by atoms with Crippen molar-refractivity contribution in [3.63, 3.8) is 0 Å². The molecule has 0 aromatic heterocycles. The first kappa shape index (κ1) is 21.3. The molecule has 2 saturated heterocycles. The number of carbonyl (C=O) groups is 2. The van der Waals surface area contributed by atoms with Crippen LogP contribution in [0.5, 0.6) is 0 Å². The van der Waals surface area contributed by atoms with E-state index in [-0.39, 0.29) is 11.9 Å². The summed E-state index contributed by atoms with van der Waals surface area (Å²) in [5.41, 5.74) is 0.931. The van der Waals surface area contributed by atoms with Crippen LogP contribution in [0.15, 0.2) is 23.2 Å². The average Bonchev–Trinajstić information content (AvgIpc) is 3.05. The minimum atomic E-state index is -0.621. The lowest BCUT2D eigenvalue weighted by Gasteiger charge is -2.31. The van der Waals surface area contributed by atoms with E-state index in [1.54, 1.807) is 13.1 Å². The third-order valence-electron chi connectivity index (χ3n) is 6.06. The number of carbonyl (C=O) groups excluding carboxylic acids is 2. The summed E-state index contributed by atoms with van der Waals surface area (Å²) < 4.78 is 2.00. The lowest BCUT2D eigenvalue weighted by Crippen LogP contribution is -2.61. The molecule has 0 saturated carbocycles. The number of nitrogens with zero attached hydrogens (tertiary/aromatic N) is 5. The molecule has 0 bridgehead atoms. The van der Waals surface area contributed by atoms with Crippen molar-refractivity contribution in [1.82, 2.24) is 14.7 Å². The molecule has 2 unspecified atom stereocenters. The van der Waals surface area contributed by atoms with E-state index in [0.29, 0.717) is 34.9 Å². The standard InChI is InChI=1S/C21H26Cl2N5O2/c1-13-5-4-8-27(10-13)12-17-24-19-18(20(29)26(3)21(30)25(19)2)28(17)11-14-6-7-15(22)16(23)9-14/h6-7,9,13,18H,4-5,8,10-12H2,1-3H3/q+1. The monoisotopic (exact) mass is 450 g/mol. The second-order valence-corrected chi connectivity index (χ2v) is 9.20. The Kier molecular flexibility index (Phi) is 5.88. The highest BCUT2D eigenvalue weighted by atomic mass is 35.5. The van der Waals surface area contributed by atoms with Crippen molar-refractivity contribution in [2.75, 3.05) is 33.7 Å². The number of halogens is 2. The largest absolute Gasteiger partial charge is 0.333 e. The number of fused-ring (bicyclic) bond motifs is 1. The summed E-state index contributed by atoms with van der Waals surface area (Å²) in [6.07, 6.45) is 2.39. The second-order valence-electron chi connectivity index (χ2n) is 8.39. The first-order valence-electron chi connectivity index (χ1n) is 10.2. The number of likely N-dealkylation sites (tertiary alicyclic amines) is 1. The Morgan fingerprint density at radius 3 is 2.63 bits per heavy atom. The predicted octanol–water partition coefficient (Wildman–Crippen LogP) is 2.94. The summed E-state index contributed by atoms with van der Waals surface area (Å²) in [4.78, 5) is 35.3. The van der Waals surface area contributed by atoms with Gasteiger partial charge in [0.05, 0.1) is 10.0 Å². The summed E-state index contributed by atoms with van der Waals surface area (Å²) in [6.45, 7) is 5.37. The minimum absolute atomic E-state index is 0.265. The van der Waals surface area contributed by atoms with E-state index in [1.807, 2.05) is 16.7 Å². The van der Waals surface area contributed by atoms with Crippen LogP contribution in [-0.2, 0) is 11.3 Å². The van der Waals surface area contributed by atoms with Gasteiger partial charge < -0.3 is 0 Å². The number of likely N-dealkylation sites (N-methyl/N-ethyl adjacent to an activating group) is 2. The van der Waals surface area contributed by atoms with E-state index in [1.165, 1.54) is 18.4 Å². The highest BCUT2D eigenvalue weighted by Gasteiger charge is 2.53. The van der Waals surface area contributed by atoms with Crippen LogP contribution < -0.4 is 0 Å². The molecule has 7 nitrogen and oxygen atoms in total.